The Morgan fingerprint density at radius 3 is 2.40 bits per heavy atom. The van der Waals surface area contributed by atoms with Gasteiger partial charge in [0.05, 0.1) is 0 Å². The molecule has 1 unspecified atom stereocenters. The van der Waals surface area contributed by atoms with E-state index in [0.29, 0.717) is 0 Å². The molecule has 2 rings (SSSR count). The molecular formula is C13H26N2. The Balaban J connectivity index is 1.62. The molecule has 1 saturated heterocycles. The largest absolute Gasteiger partial charge is 0.314 e. The molecule has 2 nitrogen and oxygen atoms in total. The minimum Gasteiger partial charge on any atom is -0.314 e. The maximum atomic E-state index is 3.73. The van der Waals surface area contributed by atoms with Crippen LogP contribution < -0.4 is 5.32 Å². The van der Waals surface area contributed by atoms with Crippen molar-refractivity contribution in [3.8, 4) is 0 Å². The molecule has 0 radical (unpaired) electrons. The van der Waals surface area contributed by atoms with Crippen LogP contribution in [0.3, 0.4) is 0 Å². The number of rotatable bonds is 5. The van der Waals surface area contributed by atoms with Gasteiger partial charge in [-0.05, 0) is 64.6 Å². The van der Waals surface area contributed by atoms with Crippen LogP contribution >= 0.6 is 0 Å². The van der Waals surface area contributed by atoms with Crippen molar-refractivity contribution in [2.45, 2.75) is 58.0 Å². The summed E-state index contributed by atoms with van der Waals surface area (Å²) in [5.74, 6) is 1.03. The Morgan fingerprint density at radius 2 is 1.87 bits per heavy atom. The van der Waals surface area contributed by atoms with Crippen molar-refractivity contribution in [1.82, 2.24) is 10.2 Å². The van der Waals surface area contributed by atoms with Crippen LogP contribution in [0.4, 0.5) is 0 Å². The Labute approximate surface area is 94.4 Å². The molecule has 1 aliphatic carbocycles. The molecule has 0 aromatic heterocycles. The van der Waals surface area contributed by atoms with Crippen molar-refractivity contribution in [2.24, 2.45) is 5.92 Å². The van der Waals surface area contributed by atoms with Gasteiger partial charge in [-0.15, -0.1) is 0 Å². The van der Waals surface area contributed by atoms with E-state index in [2.05, 4.69) is 24.1 Å². The van der Waals surface area contributed by atoms with E-state index < -0.39 is 0 Å². The number of hydrogen-bond donors (Lipinski definition) is 1. The molecule has 0 amide bonds. The highest BCUT2D eigenvalue weighted by Gasteiger charge is 2.25. The summed E-state index contributed by atoms with van der Waals surface area (Å²) in [7, 11) is 0. The molecule has 1 N–H and O–H groups in total. The van der Waals surface area contributed by atoms with Gasteiger partial charge in [0, 0.05) is 12.1 Å². The molecule has 1 saturated carbocycles. The van der Waals surface area contributed by atoms with Gasteiger partial charge < -0.3 is 10.2 Å². The Morgan fingerprint density at radius 1 is 1.20 bits per heavy atom. The van der Waals surface area contributed by atoms with Gasteiger partial charge in [-0.2, -0.15) is 0 Å². The van der Waals surface area contributed by atoms with Crippen LogP contribution in [0.2, 0.25) is 0 Å². The van der Waals surface area contributed by atoms with Crippen molar-refractivity contribution in [3.05, 3.63) is 0 Å². The maximum Gasteiger partial charge on any atom is 0.00915 e. The topological polar surface area (TPSA) is 15.3 Å². The number of nitrogens with one attached hydrogen (secondary N) is 1. The number of likely N-dealkylation sites (tertiary alicyclic amines) is 1. The highest BCUT2D eigenvalue weighted by Crippen LogP contribution is 2.28. The van der Waals surface area contributed by atoms with Crippen LogP contribution in [0.1, 0.15) is 46.0 Å². The van der Waals surface area contributed by atoms with E-state index in [0.717, 1.165) is 18.0 Å². The van der Waals surface area contributed by atoms with Gasteiger partial charge in [-0.3, -0.25) is 0 Å². The number of piperidine rings is 1. The van der Waals surface area contributed by atoms with E-state index in [1.165, 1.54) is 51.7 Å². The Bertz CT molecular complexity index is 181. The third-order valence-corrected chi connectivity index (χ3v) is 4.14. The zero-order valence-corrected chi connectivity index (χ0v) is 10.3. The molecule has 1 atom stereocenters. The van der Waals surface area contributed by atoms with Gasteiger partial charge in [-0.1, -0.05) is 6.92 Å². The first-order chi connectivity index (χ1) is 7.29. The molecule has 2 heteroatoms. The second kappa shape index (κ2) is 5.31. The molecule has 0 aromatic carbocycles. The second-order valence-electron chi connectivity index (χ2n) is 5.42. The van der Waals surface area contributed by atoms with E-state index in [1.807, 2.05) is 0 Å². The predicted molar refractivity (Wildman–Crippen MR) is 65.1 cm³/mol. The smallest absolute Gasteiger partial charge is 0.00915 e. The van der Waals surface area contributed by atoms with E-state index in [4.69, 9.17) is 0 Å². The molecule has 0 bridgehead atoms. The first kappa shape index (κ1) is 11.4. The minimum atomic E-state index is 0.786. The Hall–Kier alpha value is -0.0800. The summed E-state index contributed by atoms with van der Waals surface area (Å²) < 4.78 is 0. The summed E-state index contributed by atoms with van der Waals surface area (Å²) in [6.45, 7) is 8.54. The van der Waals surface area contributed by atoms with Gasteiger partial charge in [-0.25, -0.2) is 0 Å². The average molecular weight is 210 g/mol. The zero-order chi connectivity index (χ0) is 10.7. The highest BCUT2D eigenvalue weighted by atomic mass is 15.2. The monoisotopic (exact) mass is 210 g/mol. The zero-order valence-electron chi connectivity index (χ0n) is 10.3. The molecule has 0 aromatic rings. The van der Waals surface area contributed by atoms with E-state index >= 15 is 0 Å². The maximum absolute atomic E-state index is 3.73. The molecule has 15 heavy (non-hydrogen) atoms. The molecule has 2 fully saturated rings. The molecule has 88 valence electrons. The lowest BCUT2D eigenvalue weighted by Gasteiger charge is -2.36. The standard InChI is InChI=1S/C13H26N2/c1-3-11(2)15-8-6-13(7-9-15)14-10-12-4-5-12/h11-14H,3-10H2,1-2H3. The van der Waals surface area contributed by atoms with Crippen molar-refractivity contribution in [3.63, 3.8) is 0 Å². The fourth-order valence-corrected chi connectivity index (χ4v) is 2.46. The average Bonchev–Trinajstić information content (AvgIpc) is 3.10. The van der Waals surface area contributed by atoms with Gasteiger partial charge >= 0.3 is 0 Å². The van der Waals surface area contributed by atoms with Crippen LogP contribution in [-0.2, 0) is 0 Å². The quantitative estimate of drug-likeness (QED) is 0.749. The van der Waals surface area contributed by atoms with Gasteiger partial charge in [0.1, 0.15) is 0 Å². The summed E-state index contributed by atoms with van der Waals surface area (Å²) in [6, 6.07) is 1.60. The minimum absolute atomic E-state index is 0.786. The summed E-state index contributed by atoms with van der Waals surface area (Å²) in [6.07, 6.45) is 6.95. The number of nitrogens with zero attached hydrogens (tertiary/aromatic N) is 1. The lowest BCUT2D eigenvalue weighted by Crippen LogP contribution is -2.46. The summed E-state index contributed by atoms with van der Waals surface area (Å²) in [5.41, 5.74) is 0. The first-order valence-electron chi connectivity index (χ1n) is 6.77. The fourth-order valence-electron chi connectivity index (χ4n) is 2.46. The van der Waals surface area contributed by atoms with Crippen molar-refractivity contribution >= 4 is 0 Å². The van der Waals surface area contributed by atoms with E-state index in [-0.39, 0.29) is 0 Å². The van der Waals surface area contributed by atoms with Crippen LogP contribution in [0.25, 0.3) is 0 Å². The van der Waals surface area contributed by atoms with Crippen LogP contribution in [0.5, 0.6) is 0 Å². The van der Waals surface area contributed by atoms with Crippen molar-refractivity contribution in [1.29, 1.82) is 0 Å². The molecular weight excluding hydrogens is 184 g/mol. The summed E-state index contributed by atoms with van der Waals surface area (Å²) in [4.78, 5) is 2.65. The molecule has 1 heterocycles. The summed E-state index contributed by atoms with van der Waals surface area (Å²) >= 11 is 0. The number of hydrogen-bond acceptors (Lipinski definition) is 2. The third kappa shape index (κ3) is 3.46. The van der Waals surface area contributed by atoms with Crippen LogP contribution in [0, 0.1) is 5.92 Å². The molecule has 1 aliphatic heterocycles. The fraction of sp³-hybridized carbons (Fsp3) is 1.00. The lowest BCUT2D eigenvalue weighted by atomic mass is 10.0. The molecule has 2 aliphatic rings. The van der Waals surface area contributed by atoms with E-state index in [1.54, 1.807) is 0 Å². The van der Waals surface area contributed by atoms with Gasteiger partial charge in [0.2, 0.25) is 0 Å². The summed E-state index contributed by atoms with van der Waals surface area (Å²) in [5, 5.41) is 3.73. The van der Waals surface area contributed by atoms with Crippen molar-refractivity contribution in [2.75, 3.05) is 19.6 Å². The van der Waals surface area contributed by atoms with Gasteiger partial charge in [0.25, 0.3) is 0 Å². The van der Waals surface area contributed by atoms with E-state index in [9.17, 15) is 0 Å². The molecule has 0 spiro atoms. The van der Waals surface area contributed by atoms with Crippen LogP contribution in [0.15, 0.2) is 0 Å². The first-order valence-corrected chi connectivity index (χ1v) is 6.77. The van der Waals surface area contributed by atoms with Crippen molar-refractivity contribution < 1.29 is 0 Å². The van der Waals surface area contributed by atoms with Crippen LogP contribution in [-0.4, -0.2) is 36.6 Å². The van der Waals surface area contributed by atoms with Gasteiger partial charge in [0.15, 0.2) is 0 Å². The lowest BCUT2D eigenvalue weighted by molar-refractivity contribution is 0.149. The second-order valence-corrected chi connectivity index (χ2v) is 5.42. The SMILES string of the molecule is CCC(C)N1CCC(NCC2CC2)CC1. The highest BCUT2D eigenvalue weighted by molar-refractivity contribution is 4.82. The Kier molecular flexibility index (Phi) is 4.04. The normalized spacial score (nSPS) is 26.8. The third-order valence-electron chi connectivity index (χ3n) is 4.14. The predicted octanol–water partition coefficient (Wildman–Crippen LogP) is 2.25.